The molecule has 0 saturated carbocycles. The number of aromatic nitrogens is 2. The maximum Gasteiger partial charge on any atom is 0.372 e. The van der Waals surface area contributed by atoms with Crippen LogP contribution in [0.4, 0.5) is 0 Å². The van der Waals surface area contributed by atoms with Crippen molar-refractivity contribution in [2.45, 2.75) is 26.4 Å². The third-order valence-electron chi connectivity index (χ3n) is 3.02. The van der Waals surface area contributed by atoms with Crippen LogP contribution in [0.25, 0.3) is 0 Å². The highest BCUT2D eigenvalue weighted by Gasteiger charge is 2.18. The summed E-state index contributed by atoms with van der Waals surface area (Å²) in [5.41, 5.74) is 0.808. The number of hydrogen-bond donors (Lipinski definition) is 1. The van der Waals surface area contributed by atoms with E-state index in [4.69, 9.17) is 9.84 Å². The third-order valence-corrected chi connectivity index (χ3v) is 3.02. The second kappa shape index (κ2) is 5.49. The molecule has 100 valence electrons. The van der Waals surface area contributed by atoms with E-state index in [1.54, 1.807) is 4.57 Å². The Labute approximate surface area is 106 Å². The molecule has 0 amide bonds. The average Bonchev–Trinajstić information content (AvgIpc) is 2.74. The summed E-state index contributed by atoms with van der Waals surface area (Å²) in [5, 5.41) is 9.12. The SMILES string of the molecule is CC(C)n1cc(CN2CCOCC2)nc1C(=O)O. The van der Waals surface area contributed by atoms with E-state index in [1.807, 2.05) is 20.0 Å². The number of imidazole rings is 1. The predicted octanol–water partition coefficient (Wildman–Crippen LogP) is 0.994. The van der Waals surface area contributed by atoms with Gasteiger partial charge < -0.3 is 14.4 Å². The number of nitrogens with zero attached hydrogens (tertiary/aromatic N) is 3. The summed E-state index contributed by atoms with van der Waals surface area (Å²) in [5.74, 6) is -0.856. The standard InChI is InChI=1S/C12H19N3O3/c1-9(2)15-8-10(13-11(15)12(16)17)7-14-3-5-18-6-4-14/h8-9H,3-7H2,1-2H3,(H,16,17). The molecular weight excluding hydrogens is 234 g/mol. The van der Waals surface area contributed by atoms with E-state index < -0.39 is 5.97 Å². The minimum atomic E-state index is -0.975. The van der Waals surface area contributed by atoms with Crippen LogP contribution in [0.3, 0.4) is 0 Å². The highest BCUT2D eigenvalue weighted by atomic mass is 16.5. The molecule has 1 aliphatic heterocycles. The molecule has 1 aromatic heterocycles. The van der Waals surface area contributed by atoms with Crippen LogP contribution in [-0.4, -0.2) is 51.8 Å². The number of ether oxygens (including phenoxy) is 1. The van der Waals surface area contributed by atoms with Crippen molar-refractivity contribution < 1.29 is 14.6 Å². The molecule has 18 heavy (non-hydrogen) atoms. The minimum absolute atomic E-state index is 0.0991. The second-order valence-electron chi connectivity index (χ2n) is 4.75. The zero-order chi connectivity index (χ0) is 13.1. The van der Waals surface area contributed by atoms with E-state index in [-0.39, 0.29) is 11.9 Å². The first-order chi connectivity index (χ1) is 8.58. The number of carboxylic acid groups (broad SMARTS) is 1. The Morgan fingerprint density at radius 3 is 2.67 bits per heavy atom. The van der Waals surface area contributed by atoms with Gasteiger partial charge in [0.05, 0.1) is 18.9 Å². The van der Waals surface area contributed by atoms with E-state index in [9.17, 15) is 4.79 Å². The summed E-state index contributed by atoms with van der Waals surface area (Å²) >= 11 is 0. The van der Waals surface area contributed by atoms with Gasteiger partial charge in [-0.2, -0.15) is 0 Å². The molecule has 0 atom stereocenters. The Hall–Kier alpha value is -1.40. The van der Waals surface area contributed by atoms with Crippen LogP contribution in [0.15, 0.2) is 6.20 Å². The van der Waals surface area contributed by atoms with E-state index in [0.717, 1.165) is 32.0 Å². The molecule has 6 nitrogen and oxygen atoms in total. The van der Waals surface area contributed by atoms with Gasteiger partial charge in [-0.1, -0.05) is 0 Å². The van der Waals surface area contributed by atoms with Crippen molar-refractivity contribution in [3.8, 4) is 0 Å². The van der Waals surface area contributed by atoms with Crippen molar-refractivity contribution in [2.75, 3.05) is 26.3 Å². The molecule has 6 heteroatoms. The van der Waals surface area contributed by atoms with Crippen LogP contribution in [-0.2, 0) is 11.3 Å². The van der Waals surface area contributed by atoms with E-state index in [1.165, 1.54) is 0 Å². The lowest BCUT2D eigenvalue weighted by molar-refractivity contribution is 0.0336. The van der Waals surface area contributed by atoms with Gasteiger partial charge in [0.2, 0.25) is 5.82 Å². The molecule has 0 radical (unpaired) electrons. The fourth-order valence-corrected chi connectivity index (χ4v) is 2.06. The second-order valence-corrected chi connectivity index (χ2v) is 4.75. The topological polar surface area (TPSA) is 67.6 Å². The van der Waals surface area contributed by atoms with Crippen molar-refractivity contribution in [1.82, 2.24) is 14.5 Å². The maximum atomic E-state index is 11.1. The van der Waals surface area contributed by atoms with Gasteiger partial charge >= 0.3 is 5.97 Å². The van der Waals surface area contributed by atoms with Crippen LogP contribution < -0.4 is 0 Å². The lowest BCUT2D eigenvalue weighted by Crippen LogP contribution is -2.35. The lowest BCUT2D eigenvalue weighted by atomic mass is 10.3. The highest BCUT2D eigenvalue weighted by Crippen LogP contribution is 2.13. The smallest absolute Gasteiger partial charge is 0.372 e. The van der Waals surface area contributed by atoms with Gasteiger partial charge in [0.15, 0.2) is 0 Å². The minimum Gasteiger partial charge on any atom is -0.475 e. The van der Waals surface area contributed by atoms with Crippen LogP contribution in [0.1, 0.15) is 36.2 Å². The summed E-state index contributed by atoms with van der Waals surface area (Å²) in [6.45, 7) is 7.80. The van der Waals surface area contributed by atoms with Crippen LogP contribution >= 0.6 is 0 Å². The van der Waals surface area contributed by atoms with Crippen LogP contribution in [0, 0.1) is 0 Å². The summed E-state index contributed by atoms with van der Waals surface area (Å²) in [4.78, 5) is 17.5. The number of aromatic carboxylic acids is 1. The zero-order valence-corrected chi connectivity index (χ0v) is 10.8. The molecular formula is C12H19N3O3. The number of morpholine rings is 1. The molecule has 1 aromatic rings. The van der Waals surface area contributed by atoms with Crippen molar-refractivity contribution in [3.63, 3.8) is 0 Å². The van der Waals surface area contributed by atoms with E-state index in [0.29, 0.717) is 6.54 Å². The van der Waals surface area contributed by atoms with E-state index in [2.05, 4.69) is 9.88 Å². The largest absolute Gasteiger partial charge is 0.475 e. The molecule has 1 saturated heterocycles. The van der Waals surface area contributed by atoms with Gasteiger partial charge in [-0.05, 0) is 13.8 Å². The molecule has 2 rings (SSSR count). The van der Waals surface area contributed by atoms with Crippen molar-refractivity contribution in [3.05, 3.63) is 17.7 Å². The molecule has 1 N–H and O–H groups in total. The first-order valence-corrected chi connectivity index (χ1v) is 6.19. The Bertz CT molecular complexity index is 422. The fourth-order valence-electron chi connectivity index (χ4n) is 2.06. The number of carbonyl (C=O) groups is 1. The van der Waals surface area contributed by atoms with Crippen molar-refractivity contribution >= 4 is 5.97 Å². The first kappa shape index (κ1) is 13.0. The Morgan fingerprint density at radius 1 is 1.50 bits per heavy atom. The van der Waals surface area contributed by atoms with Gasteiger partial charge in [-0.25, -0.2) is 9.78 Å². The molecule has 0 bridgehead atoms. The van der Waals surface area contributed by atoms with Gasteiger partial charge in [0.25, 0.3) is 0 Å². The molecule has 1 aliphatic rings. The van der Waals surface area contributed by atoms with Crippen molar-refractivity contribution in [1.29, 1.82) is 0 Å². The molecule has 0 aliphatic carbocycles. The summed E-state index contributed by atoms with van der Waals surface area (Å²) < 4.78 is 6.99. The third kappa shape index (κ3) is 2.88. The fraction of sp³-hybridized carbons (Fsp3) is 0.667. The average molecular weight is 253 g/mol. The Morgan fingerprint density at radius 2 is 2.17 bits per heavy atom. The van der Waals surface area contributed by atoms with Gasteiger partial charge in [0.1, 0.15) is 0 Å². The number of carboxylic acids is 1. The first-order valence-electron chi connectivity index (χ1n) is 6.19. The maximum absolute atomic E-state index is 11.1. The lowest BCUT2D eigenvalue weighted by Gasteiger charge is -2.25. The monoisotopic (exact) mass is 253 g/mol. The molecule has 0 spiro atoms. The summed E-state index contributed by atoms with van der Waals surface area (Å²) in [7, 11) is 0. The highest BCUT2D eigenvalue weighted by molar-refractivity contribution is 5.83. The van der Waals surface area contributed by atoms with Gasteiger partial charge in [0, 0.05) is 31.9 Å². The van der Waals surface area contributed by atoms with Crippen LogP contribution in [0.5, 0.6) is 0 Å². The van der Waals surface area contributed by atoms with Gasteiger partial charge in [-0.3, -0.25) is 4.90 Å². The Balaban J connectivity index is 2.13. The molecule has 0 unspecified atom stereocenters. The summed E-state index contributed by atoms with van der Waals surface area (Å²) in [6.07, 6.45) is 1.84. The van der Waals surface area contributed by atoms with Gasteiger partial charge in [-0.15, -0.1) is 0 Å². The molecule has 0 aromatic carbocycles. The number of rotatable bonds is 4. The quantitative estimate of drug-likeness (QED) is 0.867. The van der Waals surface area contributed by atoms with Crippen LogP contribution in [0.2, 0.25) is 0 Å². The van der Waals surface area contributed by atoms with Crippen molar-refractivity contribution in [2.24, 2.45) is 0 Å². The molecule has 2 heterocycles. The number of hydrogen-bond acceptors (Lipinski definition) is 4. The normalized spacial score (nSPS) is 17.3. The Kier molecular flexibility index (Phi) is 3.98. The predicted molar refractivity (Wildman–Crippen MR) is 65.7 cm³/mol. The van der Waals surface area contributed by atoms with E-state index >= 15 is 0 Å². The zero-order valence-electron chi connectivity index (χ0n) is 10.8. The molecule has 1 fully saturated rings. The summed E-state index contributed by atoms with van der Waals surface area (Å²) in [6, 6.07) is 0.0991.